The number of piperazine rings is 1. The second-order valence-corrected chi connectivity index (χ2v) is 10.2. The van der Waals surface area contributed by atoms with Crippen LogP contribution in [0.15, 0.2) is 90.0 Å². The Kier molecular flexibility index (Phi) is 6.19. The van der Waals surface area contributed by atoms with E-state index in [1.165, 1.54) is 0 Å². The van der Waals surface area contributed by atoms with Crippen LogP contribution < -0.4 is 10.1 Å². The van der Waals surface area contributed by atoms with Gasteiger partial charge in [0.2, 0.25) is 10.0 Å². The molecule has 0 aliphatic carbocycles. The molecule has 1 aliphatic heterocycles. The molecule has 1 N–H and O–H groups in total. The van der Waals surface area contributed by atoms with Gasteiger partial charge >= 0.3 is 0 Å². The number of sulfonamides is 1. The van der Waals surface area contributed by atoms with Crippen molar-refractivity contribution in [1.29, 1.82) is 0 Å². The molecule has 0 amide bonds. The molecule has 5 rings (SSSR count). The monoisotopic (exact) mass is 474 g/mol. The molecular weight excluding hydrogens is 448 g/mol. The van der Waals surface area contributed by atoms with Crippen LogP contribution in [0.5, 0.6) is 11.5 Å². The summed E-state index contributed by atoms with van der Waals surface area (Å²) in [7, 11) is -1.56. The van der Waals surface area contributed by atoms with Crippen molar-refractivity contribution in [1.82, 2.24) is 14.2 Å². The Bertz CT molecular complexity index is 1390. The summed E-state index contributed by atoms with van der Waals surface area (Å²) >= 11 is 0. The molecule has 8 heteroatoms. The van der Waals surface area contributed by atoms with E-state index in [4.69, 9.17) is 4.74 Å². The molecule has 34 heavy (non-hydrogen) atoms. The summed E-state index contributed by atoms with van der Waals surface area (Å²) in [5.41, 5.74) is 2.38. The molecule has 1 fully saturated rings. The van der Waals surface area contributed by atoms with Crippen LogP contribution in [-0.4, -0.2) is 55.8 Å². The predicted octanol–water partition coefficient (Wildman–Crippen LogP) is 4.71. The Hall–Kier alpha value is -3.46. The Morgan fingerprint density at radius 1 is 0.853 bits per heavy atom. The van der Waals surface area contributed by atoms with Crippen LogP contribution >= 0.6 is 0 Å². The number of anilines is 2. The van der Waals surface area contributed by atoms with Gasteiger partial charge in [-0.05, 0) is 67.7 Å². The molecule has 1 saturated heterocycles. The van der Waals surface area contributed by atoms with E-state index in [1.807, 2.05) is 67.7 Å². The van der Waals surface area contributed by atoms with E-state index in [-0.39, 0.29) is 4.90 Å². The number of aromatic nitrogens is 1. The number of hydrogen-bond donors (Lipinski definition) is 1. The summed E-state index contributed by atoms with van der Waals surface area (Å²) < 4.78 is 33.9. The van der Waals surface area contributed by atoms with Gasteiger partial charge in [0.15, 0.2) is 0 Å². The van der Waals surface area contributed by atoms with E-state index >= 15 is 0 Å². The van der Waals surface area contributed by atoms with Gasteiger partial charge < -0.3 is 15.0 Å². The Labute approximate surface area is 199 Å². The predicted molar refractivity (Wildman–Crippen MR) is 134 cm³/mol. The highest BCUT2D eigenvalue weighted by Gasteiger charge is 2.27. The first-order chi connectivity index (χ1) is 16.5. The largest absolute Gasteiger partial charge is 0.457 e. The van der Waals surface area contributed by atoms with Gasteiger partial charge in [0, 0.05) is 49.1 Å². The highest BCUT2D eigenvalue weighted by atomic mass is 32.2. The topological polar surface area (TPSA) is 74.8 Å². The van der Waals surface area contributed by atoms with Crippen molar-refractivity contribution in [3.63, 3.8) is 0 Å². The molecule has 0 unspecified atom stereocenters. The molecule has 0 atom stereocenters. The Morgan fingerprint density at radius 2 is 1.56 bits per heavy atom. The third kappa shape index (κ3) is 4.75. The maximum absolute atomic E-state index is 13.2. The number of pyridine rings is 1. The summed E-state index contributed by atoms with van der Waals surface area (Å²) in [5, 5.41) is 4.14. The number of likely N-dealkylation sites (N-methyl/N-ethyl adjacent to an activating group) is 1. The normalized spacial score (nSPS) is 15.3. The van der Waals surface area contributed by atoms with Crippen molar-refractivity contribution in [2.45, 2.75) is 4.90 Å². The first kappa shape index (κ1) is 22.3. The molecule has 4 aromatic rings. The van der Waals surface area contributed by atoms with Gasteiger partial charge in [-0.2, -0.15) is 4.31 Å². The zero-order valence-corrected chi connectivity index (χ0v) is 19.7. The minimum atomic E-state index is -3.57. The van der Waals surface area contributed by atoms with Gasteiger partial charge in [0.25, 0.3) is 0 Å². The number of nitrogens with zero attached hydrogens (tertiary/aromatic N) is 3. The molecule has 7 nitrogen and oxygen atoms in total. The Balaban J connectivity index is 1.39. The van der Waals surface area contributed by atoms with Crippen LogP contribution in [0.1, 0.15) is 0 Å². The molecule has 1 aliphatic rings. The average Bonchev–Trinajstić information content (AvgIpc) is 2.86. The van der Waals surface area contributed by atoms with Crippen molar-refractivity contribution in [3.8, 4) is 11.5 Å². The number of para-hydroxylation sites is 1. The number of rotatable bonds is 6. The summed E-state index contributed by atoms with van der Waals surface area (Å²) in [4.78, 5) is 6.83. The van der Waals surface area contributed by atoms with Gasteiger partial charge in [-0.3, -0.25) is 4.98 Å². The van der Waals surface area contributed by atoms with Crippen molar-refractivity contribution in [2.75, 3.05) is 38.5 Å². The van der Waals surface area contributed by atoms with Gasteiger partial charge in [-0.15, -0.1) is 0 Å². The lowest BCUT2D eigenvalue weighted by Gasteiger charge is -2.31. The van der Waals surface area contributed by atoms with Crippen LogP contribution in [0.4, 0.5) is 11.4 Å². The summed E-state index contributed by atoms with van der Waals surface area (Å²) in [6.45, 7) is 2.44. The summed E-state index contributed by atoms with van der Waals surface area (Å²) in [6.07, 6.45) is 1.71. The average molecular weight is 475 g/mol. The van der Waals surface area contributed by atoms with Crippen LogP contribution in [-0.2, 0) is 10.0 Å². The number of fused-ring (bicyclic) bond motifs is 1. The summed E-state index contributed by atoms with van der Waals surface area (Å²) in [6, 6.07) is 24.2. The van der Waals surface area contributed by atoms with E-state index in [0.29, 0.717) is 13.1 Å². The van der Waals surface area contributed by atoms with Gasteiger partial charge in [0.1, 0.15) is 11.5 Å². The van der Waals surface area contributed by atoms with Crippen molar-refractivity contribution in [3.05, 3.63) is 85.1 Å². The zero-order valence-electron chi connectivity index (χ0n) is 18.9. The van der Waals surface area contributed by atoms with E-state index in [0.717, 1.165) is 46.9 Å². The lowest BCUT2D eigenvalue weighted by atomic mass is 10.2. The van der Waals surface area contributed by atoms with E-state index in [2.05, 4.69) is 15.2 Å². The third-order valence-electron chi connectivity index (χ3n) is 5.93. The van der Waals surface area contributed by atoms with E-state index in [1.54, 1.807) is 28.7 Å². The molecule has 3 aromatic carbocycles. The van der Waals surface area contributed by atoms with Gasteiger partial charge in [-0.25, -0.2) is 8.42 Å². The number of ether oxygens (including phenoxy) is 1. The smallest absolute Gasteiger partial charge is 0.243 e. The standard InChI is InChI=1S/C26H26N4O3S/c1-29-15-17-30(18-16-29)34(31,32)23-11-12-25-24(19-23)26(13-14-27-25)28-20-7-9-22(10-8-20)33-21-5-3-2-4-6-21/h2-14,19H,15-18H2,1H3,(H,27,28). The van der Waals surface area contributed by atoms with Crippen LogP contribution in [0, 0.1) is 0 Å². The minimum absolute atomic E-state index is 0.284. The second kappa shape index (κ2) is 9.42. The van der Waals surface area contributed by atoms with Crippen molar-refractivity contribution in [2.24, 2.45) is 0 Å². The number of hydrogen-bond acceptors (Lipinski definition) is 6. The van der Waals surface area contributed by atoms with Crippen LogP contribution in [0.2, 0.25) is 0 Å². The van der Waals surface area contributed by atoms with Crippen LogP contribution in [0.25, 0.3) is 10.9 Å². The van der Waals surface area contributed by atoms with E-state index in [9.17, 15) is 8.42 Å². The Morgan fingerprint density at radius 3 is 2.29 bits per heavy atom. The molecule has 174 valence electrons. The molecule has 0 saturated carbocycles. The van der Waals surface area contributed by atoms with Gasteiger partial charge in [0.05, 0.1) is 10.4 Å². The molecule has 1 aromatic heterocycles. The molecule has 0 bridgehead atoms. The minimum Gasteiger partial charge on any atom is -0.457 e. The maximum Gasteiger partial charge on any atom is 0.243 e. The quantitative estimate of drug-likeness (QED) is 0.436. The first-order valence-electron chi connectivity index (χ1n) is 11.2. The highest BCUT2D eigenvalue weighted by Crippen LogP contribution is 2.30. The number of nitrogens with one attached hydrogen (secondary N) is 1. The zero-order chi connectivity index (χ0) is 23.5. The SMILES string of the molecule is CN1CCN(S(=O)(=O)c2ccc3nccc(Nc4ccc(Oc5ccccc5)cc4)c3c2)CC1. The third-order valence-corrected chi connectivity index (χ3v) is 7.82. The molecule has 0 spiro atoms. The fraction of sp³-hybridized carbons (Fsp3) is 0.192. The maximum atomic E-state index is 13.2. The van der Waals surface area contributed by atoms with Crippen LogP contribution in [0.3, 0.4) is 0 Å². The second-order valence-electron chi connectivity index (χ2n) is 8.31. The molecule has 0 radical (unpaired) electrons. The number of benzene rings is 3. The van der Waals surface area contributed by atoms with Crippen molar-refractivity contribution < 1.29 is 13.2 Å². The first-order valence-corrected chi connectivity index (χ1v) is 12.6. The molecule has 2 heterocycles. The molecular formula is C26H26N4O3S. The van der Waals surface area contributed by atoms with E-state index < -0.39 is 10.0 Å². The highest BCUT2D eigenvalue weighted by molar-refractivity contribution is 7.89. The summed E-state index contributed by atoms with van der Waals surface area (Å²) in [5.74, 6) is 1.51. The van der Waals surface area contributed by atoms with Gasteiger partial charge in [-0.1, -0.05) is 18.2 Å². The lowest BCUT2D eigenvalue weighted by Crippen LogP contribution is -2.46. The fourth-order valence-electron chi connectivity index (χ4n) is 3.96. The van der Waals surface area contributed by atoms with Crippen molar-refractivity contribution >= 4 is 32.3 Å². The lowest BCUT2D eigenvalue weighted by molar-refractivity contribution is 0.222. The fourth-order valence-corrected chi connectivity index (χ4v) is 5.41.